The molecule has 4 rings (SSSR count). The highest BCUT2D eigenvalue weighted by atomic mass is 16.2. The van der Waals surface area contributed by atoms with Crippen LogP contribution in [0.5, 0.6) is 0 Å². The number of likely N-dealkylation sites (tertiary alicyclic amines) is 1. The van der Waals surface area contributed by atoms with Gasteiger partial charge < -0.3 is 10.2 Å². The molecule has 2 fully saturated rings. The van der Waals surface area contributed by atoms with Crippen LogP contribution < -0.4 is 5.32 Å². The second kappa shape index (κ2) is 4.03. The molecular weight excluding hydrogens is 258 g/mol. The minimum absolute atomic E-state index is 0.0147. The lowest BCUT2D eigenvalue weighted by molar-refractivity contribution is -0.119. The van der Waals surface area contributed by atoms with Crippen LogP contribution in [0, 0.1) is 5.92 Å². The summed E-state index contributed by atoms with van der Waals surface area (Å²) in [6.07, 6.45) is 3.71. The molecule has 2 atom stereocenters. The van der Waals surface area contributed by atoms with Gasteiger partial charge in [0.05, 0.1) is 6.04 Å². The van der Waals surface area contributed by atoms with Crippen LogP contribution in [0.2, 0.25) is 0 Å². The van der Waals surface area contributed by atoms with E-state index in [-0.39, 0.29) is 23.8 Å². The minimum atomic E-state index is -0.0147. The maximum absolute atomic E-state index is 12.5. The number of nitrogens with zero attached hydrogens (tertiary/aromatic N) is 4. The first-order valence-electron chi connectivity index (χ1n) is 6.59. The van der Waals surface area contributed by atoms with Crippen molar-refractivity contribution >= 4 is 17.5 Å². The summed E-state index contributed by atoms with van der Waals surface area (Å²) in [7, 11) is 0. The first kappa shape index (κ1) is 11.4. The molecule has 4 heterocycles. The number of carbonyl (C=O) groups excluding carboxylic acids is 2. The van der Waals surface area contributed by atoms with E-state index in [0.717, 1.165) is 0 Å². The number of rotatable bonds is 1. The molecular formula is C13H13N5O2. The third-order valence-corrected chi connectivity index (χ3v) is 4.05. The fourth-order valence-corrected chi connectivity index (χ4v) is 3.04. The number of hydrogen-bond donors (Lipinski definition) is 1. The molecule has 2 aromatic heterocycles. The molecule has 0 spiro atoms. The molecule has 0 aromatic carbocycles. The van der Waals surface area contributed by atoms with Gasteiger partial charge in [0.2, 0.25) is 5.91 Å². The molecule has 0 radical (unpaired) electrons. The maximum Gasteiger partial charge on any atom is 0.254 e. The van der Waals surface area contributed by atoms with Crippen molar-refractivity contribution in [1.82, 2.24) is 24.8 Å². The Morgan fingerprint density at radius 2 is 2.30 bits per heavy atom. The summed E-state index contributed by atoms with van der Waals surface area (Å²) in [6, 6.07) is 3.60. The van der Waals surface area contributed by atoms with Gasteiger partial charge in [0.25, 0.3) is 5.91 Å². The van der Waals surface area contributed by atoms with Crippen LogP contribution in [-0.2, 0) is 4.79 Å². The molecule has 20 heavy (non-hydrogen) atoms. The average molecular weight is 271 g/mol. The van der Waals surface area contributed by atoms with E-state index in [1.807, 2.05) is 0 Å². The fraction of sp³-hybridized carbons (Fsp3) is 0.385. The van der Waals surface area contributed by atoms with Gasteiger partial charge in [-0.05, 0) is 12.1 Å². The number of aromatic nitrogens is 3. The summed E-state index contributed by atoms with van der Waals surface area (Å²) >= 11 is 0. The molecule has 2 aliphatic heterocycles. The van der Waals surface area contributed by atoms with E-state index in [2.05, 4.69) is 15.4 Å². The topological polar surface area (TPSA) is 79.6 Å². The van der Waals surface area contributed by atoms with Crippen molar-refractivity contribution in [1.29, 1.82) is 0 Å². The Hall–Kier alpha value is -2.44. The Morgan fingerprint density at radius 3 is 3.15 bits per heavy atom. The molecule has 0 unspecified atom stereocenters. The number of nitrogens with one attached hydrogen (secondary N) is 1. The number of amides is 2. The van der Waals surface area contributed by atoms with Crippen LogP contribution in [-0.4, -0.2) is 50.4 Å². The smallest absolute Gasteiger partial charge is 0.254 e. The summed E-state index contributed by atoms with van der Waals surface area (Å²) in [5.41, 5.74) is 1.26. The first-order chi connectivity index (χ1) is 9.70. The summed E-state index contributed by atoms with van der Waals surface area (Å²) in [5.74, 6) is 0.333. The average Bonchev–Trinajstić information content (AvgIpc) is 3.09. The largest absolute Gasteiger partial charge is 0.351 e. The van der Waals surface area contributed by atoms with Crippen molar-refractivity contribution in [3.05, 3.63) is 30.2 Å². The van der Waals surface area contributed by atoms with Gasteiger partial charge in [-0.2, -0.15) is 5.10 Å². The fourth-order valence-electron chi connectivity index (χ4n) is 3.04. The van der Waals surface area contributed by atoms with Crippen LogP contribution in [0.25, 0.3) is 5.65 Å². The second-order valence-corrected chi connectivity index (χ2v) is 5.33. The molecule has 2 aliphatic rings. The highest BCUT2D eigenvalue weighted by Crippen LogP contribution is 2.26. The molecule has 0 bridgehead atoms. The van der Waals surface area contributed by atoms with Crippen LogP contribution >= 0.6 is 0 Å². The van der Waals surface area contributed by atoms with Gasteiger partial charge in [-0.1, -0.05) is 0 Å². The highest BCUT2D eigenvalue weighted by molar-refractivity contribution is 5.95. The van der Waals surface area contributed by atoms with Crippen molar-refractivity contribution in [3.63, 3.8) is 0 Å². The zero-order valence-electron chi connectivity index (χ0n) is 10.7. The molecule has 0 aliphatic carbocycles. The summed E-state index contributed by atoms with van der Waals surface area (Å²) in [6.45, 7) is 1.23. The van der Waals surface area contributed by atoms with Crippen molar-refractivity contribution in [3.8, 4) is 0 Å². The van der Waals surface area contributed by atoms with Crippen molar-refractivity contribution in [2.45, 2.75) is 12.5 Å². The van der Waals surface area contributed by atoms with Crippen LogP contribution in [0.15, 0.2) is 24.7 Å². The van der Waals surface area contributed by atoms with Gasteiger partial charge >= 0.3 is 0 Å². The third-order valence-electron chi connectivity index (χ3n) is 4.05. The Bertz CT molecular complexity index is 694. The van der Waals surface area contributed by atoms with Gasteiger partial charge in [-0.15, -0.1) is 0 Å². The molecule has 1 N–H and O–H groups in total. The summed E-state index contributed by atoms with van der Waals surface area (Å²) in [4.78, 5) is 29.7. The molecule has 2 aromatic rings. The quantitative estimate of drug-likeness (QED) is 0.771. The maximum atomic E-state index is 12.5. The Morgan fingerprint density at radius 1 is 1.40 bits per heavy atom. The van der Waals surface area contributed by atoms with Crippen molar-refractivity contribution in [2.24, 2.45) is 5.92 Å². The lowest BCUT2D eigenvalue weighted by Gasteiger charge is -2.17. The summed E-state index contributed by atoms with van der Waals surface area (Å²) in [5, 5.41) is 6.92. The first-order valence-corrected chi connectivity index (χ1v) is 6.59. The van der Waals surface area contributed by atoms with Crippen LogP contribution in [0.3, 0.4) is 0 Å². The predicted octanol–water partition coefficient (Wildman–Crippen LogP) is -0.310. The normalized spacial score (nSPS) is 25.0. The Kier molecular flexibility index (Phi) is 2.29. The second-order valence-electron chi connectivity index (χ2n) is 5.33. The molecule has 7 nitrogen and oxygen atoms in total. The number of pyridine rings is 1. The third kappa shape index (κ3) is 1.66. The van der Waals surface area contributed by atoms with Gasteiger partial charge in [0, 0.05) is 37.2 Å². The highest BCUT2D eigenvalue weighted by Gasteiger charge is 2.41. The van der Waals surface area contributed by atoms with E-state index in [9.17, 15) is 9.59 Å². The Balaban J connectivity index is 1.57. The van der Waals surface area contributed by atoms with Crippen LogP contribution in [0.4, 0.5) is 0 Å². The van der Waals surface area contributed by atoms with Crippen LogP contribution in [0.1, 0.15) is 16.8 Å². The van der Waals surface area contributed by atoms with Gasteiger partial charge in [-0.3, -0.25) is 9.59 Å². The van der Waals surface area contributed by atoms with E-state index in [0.29, 0.717) is 30.7 Å². The van der Waals surface area contributed by atoms with Gasteiger partial charge in [-0.25, -0.2) is 9.50 Å². The molecule has 0 saturated carbocycles. The number of fused-ring (bicyclic) bond motifs is 2. The number of hydrogen-bond acceptors (Lipinski definition) is 4. The molecule has 2 amide bonds. The van der Waals surface area contributed by atoms with Gasteiger partial charge in [0.15, 0.2) is 5.65 Å². The molecule has 7 heteroatoms. The zero-order chi connectivity index (χ0) is 13.7. The number of carbonyl (C=O) groups is 2. The molecule has 2 saturated heterocycles. The standard InChI is InChI=1S/C13H13N5O2/c19-12-4-9-5-17(6-10(9)16-12)13(20)8-1-2-18-11(3-8)14-7-15-18/h1-3,7,9-10H,4-6H2,(H,16,19)/t9-,10+/m0/s1. The predicted molar refractivity (Wildman–Crippen MR) is 68.9 cm³/mol. The lowest BCUT2D eigenvalue weighted by atomic mass is 10.1. The van der Waals surface area contributed by atoms with E-state index < -0.39 is 0 Å². The zero-order valence-corrected chi connectivity index (χ0v) is 10.7. The van der Waals surface area contributed by atoms with E-state index in [4.69, 9.17) is 0 Å². The van der Waals surface area contributed by atoms with E-state index in [1.165, 1.54) is 6.33 Å². The monoisotopic (exact) mass is 271 g/mol. The van der Waals surface area contributed by atoms with E-state index in [1.54, 1.807) is 27.7 Å². The van der Waals surface area contributed by atoms with Crippen molar-refractivity contribution in [2.75, 3.05) is 13.1 Å². The SMILES string of the molecule is O=C1C[C@H]2CN(C(=O)c3ccn4ncnc4c3)C[C@H]2N1. The Labute approximate surface area is 114 Å². The molecule has 102 valence electrons. The lowest BCUT2D eigenvalue weighted by Crippen LogP contribution is -2.35. The van der Waals surface area contributed by atoms with E-state index >= 15 is 0 Å². The summed E-state index contributed by atoms with van der Waals surface area (Å²) < 4.78 is 1.62. The minimum Gasteiger partial charge on any atom is -0.351 e. The van der Waals surface area contributed by atoms with Crippen molar-refractivity contribution < 1.29 is 9.59 Å². The van der Waals surface area contributed by atoms with Gasteiger partial charge in [0.1, 0.15) is 6.33 Å².